The van der Waals surface area contributed by atoms with Crippen LogP contribution in [0.1, 0.15) is 11.3 Å². The molecule has 3 rings (SSSR count). The lowest BCUT2D eigenvalue weighted by molar-refractivity contribution is -0.808. The van der Waals surface area contributed by atoms with E-state index < -0.39 is 5.97 Å². The van der Waals surface area contributed by atoms with Crippen LogP contribution in [0.4, 0.5) is 0 Å². The number of benzene rings is 2. The van der Waals surface area contributed by atoms with Gasteiger partial charge in [0.05, 0.1) is 7.11 Å². The van der Waals surface area contributed by atoms with E-state index in [-0.39, 0.29) is 28.7 Å². The molecule has 0 aliphatic rings. The average molecular weight is 368 g/mol. The minimum absolute atomic E-state index is 0.00174. The second-order valence-corrected chi connectivity index (χ2v) is 5.46. The molecule has 0 spiro atoms. The molecule has 0 aliphatic heterocycles. The lowest BCUT2D eigenvalue weighted by Crippen LogP contribution is -2.29. The molecular weight excluding hydrogens is 352 g/mol. The topological polar surface area (TPSA) is 109 Å². The molecule has 1 heterocycles. The van der Waals surface area contributed by atoms with E-state index in [1.807, 2.05) is 6.07 Å². The summed E-state index contributed by atoms with van der Waals surface area (Å²) in [5.74, 6) is -0.365. The van der Waals surface area contributed by atoms with E-state index in [1.165, 1.54) is 25.3 Å². The highest BCUT2D eigenvalue weighted by Crippen LogP contribution is 2.26. The van der Waals surface area contributed by atoms with Crippen molar-refractivity contribution in [3.8, 4) is 22.8 Å². The largest absolute Gasteiger partial charge is 0.504 e. The van der Waals surface area contributed by atoms with Crippen molar-refractivity contribution in [3.63, 3.8) is 0 Å². The predicted molar refractivity (Wildman–Crippen MR) is 94.4 cm³/mol. The first kappa shape index (κ1) is 18.0. The zero-order valence-corrected chi connectivity index (χ0v) is 14.4. The zero-order valence-electron chi connectivity index (χ0n) is 14.4. The predicted octanol–water partition coefficient (Wildman–Crippen LogP) is 2.45. The van der Waals surface area contributed by atoms with Crippen LogP contribution in [0.5, 0.6) is 11.5 Å². The first-order valence-electron chi connectivity index (χ1n) is 7.94. The van der Waals surface area contributed by atoms with Crippen molar-refractivity contribution in [1.82, 2.24) is 5.16 Å². The van der Waals surface area contributed by atoms with Gasteiger partial charge in [0.2, 0.25) is 5.69 Å². The Kier molecular flexibility index (Phi) is 5.36. The number of esters is 1. The van der Waals surface area contributed by atoms with Crippen LogP contribution in [-0.4, -0.2) is 23.3 Å². The standard InChI is InChI=1S/C19H16N2O6/c1-25-17-11-13(7-9-16(17)22)8-10-18(23)26-12-15-19(20-27-21(15)24)14-5-3-2-4-6-14/h2-11,22H,12H2,1H3/b10-8+. The van der Waals surface area contributed by atoms with Crippen molar-refractivity contribution in [2.24, 2.45) is 0 Å². The lowest BCUT2D eigenvalue weighted by Gasteiger charge is -2.03. The summed E-state index contributed by atoms with van der Waals surface area (Å²) in [6, 6.07) is 13.6. The Labute approximate surface area is 154 Å². The maximum atomic E-state index is 11.9. The molecule has 27 heavy (non-hydrogen) atoms. The number of nitrogens with zero attached hydrogens (tertiary/aromatic N) is 2. The number of rotatable bonds is 6. The molecule has 0 radical (unpaired) electrons. The fourth-order valence-corrected chi connectivity index (χ4v) is 2.35. The summed E-state index contributed by atoms with van der Waals surface area (Å²) >= 11 is 0. The number of phenols is 1. The summed E-state index contributed by atoms with van der Waals surface area (Å²) < 4.78 is 14.7. The van der Waals surface area contributed by atoms with Gasteiger partial charge in [-0.2, -0.15) is 0 Å². The molecule has 0 atom stereocenters. The number of ether oxygens (including phenoxy) is 2. The molecule has 2 aromatic carbocycles. The molecule has 3 aromatic rings. The third kappa shape index (κ3) is 4.24. The number of carbonyl (C=O) groups is 1. The minimum atomic E-state index is -0.651. The second-order valence-electron chi connectivity index (χ2n) is 5.46. The number of hydrogen-bond acceptors (Lipinski definition) is 7. The third-order valence-corrected chi connectivity index (χ3v) is 3.71. The summed E-state index contributed by atoms with van der Waals surface area (Å²) in [7, 11) is 1.43. The van der Waals surface area contributed by atoms with Crippen LogP contribution in [0, 0.1) is 5.21 Å². The number of aromatic nitrogens is 2. The normalized spacial score (nSPS) is 10.9. The Morgan fingerprint density at radius 2 is 2.07 bits per heavy atom. The number of hydrogen-bond donors (Lipinski definition) is 1. The van der Waals surface area contributed by atoms with Crippen LogP contribution in [-0.2, 0) is 16.1 Å². The Bertz CT molecular complexity index is 966. The Morgan fingerprint density at radius 1 is 1.30 bits per heavy atom. The van der Waals surface area contributed by atoms with Crippen molar-refractivity contribution in [3.05, 3.63) is 71.1 Å². The summed E-state index contributed by atoms with van der Waals surface area (Å²) in [5, 5.41) is 25.0. The molecule has 1 N–H and O–H groups in total. The molecule has 8 nitrogen and oxygen atoms in total. The summed E-state index contributed by atoms with van der Waals surface area (Å²) in [6.07, 6.45) is 2.71. The van der Waals surface area contributed by atoms with E-state index in [1.54, 1.807) is 36.4 Å². The van der Waals surface area contributed by atoms with Crippen molar-refractivity contribution in [1.29, 1.82) is 0 Å². The van der Waals surface area contributed by atoms with E-state index in [2.05, 4.69) is 9.79 Å². The maximum Gasteiger partial charge on any atom is 0.331 e. The average Bonchev–Trinajstić information content (AvgIpc) is 3.06. The van der Waals surface area contributed by atoms with Gasteiger partial charge >= 0.3 is 5.97 Å². The van der Waals surface area contributed by atoms with Crippen LogP contribution in [0.15, 0.2) is 59.2 Å². The van der Waals surface area contributed by atoms with Gasteiger partial charge in [0.1, 0.15) is 0 Å². The fourth-order valence-electron chi connectivity index (χ4n) is 2.35. The molecule has 8 heteroatoms. The van der Waals surface area contributed by atoms with Gasteiger partial charge in [0, 0.05) is 16.8 Å². The smallest absolute Gasteiger partial charge is 0.331 e. The zero-order chi connectivity index (χ0) is 19.2. The monoisotopic (exact) mass is 368 g/mol. The molecule has 0 amide bonds. The van der Waals surface area contributed by atoms with Gasteiger partial charge in [0.15, 0.2) is 18.1 Å². The molecule has 0 unspecified atom stereocenters. The van der Waals surface area contributed by atoms with Crippen LogP contribution >= 0.6 is 0 Å². The van der Waals surface area contributed by atoms with Crippen molar-refractivity contribution < 1.29 is 28.9 Å². The van der Waals surface area contributed by atoms with Crippen molar-refractivity contribution in [2.45, 2.75) is 6.61 Å². The van der Waals surface area contributed by atoms with Crippen molar-refractivity contribution >= 4 is 12.0 Å². The molecule has 0 saturated heterocycles. The highest BCUT2D eigenvalue weighted by molar-refractivity contribution is 5.87. The number of carbonyl (C=O) groups excluding carboxylic acids is 1. The molecule has 0 saturated carbocycles. The van der Waals surface area contributed by atoms with E-state index in [0.717, 1.165) is 0 Å². The molecule has 0 fully saturated rings. The highest BCUT2D eigenvalue weighted by Gasteiger charge is 2.21. The molecule has 0 bridgehead atoms. The van der Waals surface area contributed by atoms with E-state index in [4.69, 9.17) is 9.47 Å². The van der Waals surface area contributed by atoms with Gasteiger partial charge in [-0.25, -0.2) is 4.79 Å². The van der Waals surface area contributed by atoms with Crippen molar-refractivity contribution in [2.75, 3.05) is 7.11 Å². The van der Waals surface area contributed by atoms with Gasteiger partial charge in [-0.3, -0.25) is 4.63 Å². The molecule has 1 aromatic heterocycles. The maximum absolute atomic E-state index is 11.9. The minimum Gasteiger partial charge on any atom is -0.504 e. The van der Waals surface area contributed by atoms with Gasteiger partial charge in [-0.05, 0) is 28.7 Å². The fraction of sp³-hybridized carbons (Fsp3) is 0.105. The van der Waals surface area contributed by atoms with E-state index >= 15 is 0 Å². The summed E-state index contributed by atoms with van der Waals surface area (Å²) in [6.45, 7) is -0.292. The van der Waals surface area contributed by atoms with Gasteiger partial charge < -0.3 is 19.8 Å². The Morgan fingerprint density at radius 3 is 2.81 bits per heavy atom. The molecule has 138 valence electrons. The summed E-state index contributed by atoms with van der Waals surface area (Å²) in [4.78, 5) is 12.2. The quantitative estimate of drug-likeness (QED) is 0.404. The molecule has 0 aliphatic carbocycles. The Hall–Kier alpha value is -3.81. The Balaban J connectivity index is 1.67. The number of aromatic hydroxyl groups is 1. The van der Waals surface area contributed by atoms with Crippen LogP contribution < -0.4 is 9.64 Å². The molecular formula is C19H16N2O6. The van der Waals surface area contributed by atoms with Crippen LogP contribution in [0.3, 0.4) is 0 Å². The first-order chi connectivity index (χ1) is 13.1. The number of methoxy groups -OCH3 is 1. The highest BCUT2D eigenvalue weighted by atomic mass is 16.8. The lowest BCUT2D eigenvalue weighted by atomic mass is 10.1. The van der Waals surface area contributed by atoms with Gasteiger partial charge in [0.25, 0.3) is 5.69 Å². The van der Waals surface area contributed by atoms with Crippen LogP contribution in [0.2, 0.25) is 0 Å². The van der Waals surface area contributed by atoms with E-state index in [0.29, 0.717) is 16.8 Å². The summed E-state index contributed by atoms with van der Waals surface area (Å²) in [5.41, 5.74) is 1.71. The first-order valence-corrected chi connectivity index (χ1v) is 7.94. The van der Waals surface area contributed by atoms with Crippen LogP contribution in [0.25, 0.3) is 17.3 Å². The second kappa shape index (κ2) is 8.05. The van der Waals surface area contributed by atoms with Gasteiger partial charge in [-0.15, -0.1) is 0 Å². The SMILES string of the molecule is COc1cc(/C=C/C(=O)OCc2c(-c3ccccc3)no[n+]2[O-])ccc1O. The van der Waals surface area contributed by atoms with E-state index in [9.17, 15) is 15.1 Å². The third-order valence-electron chi connectivity index (χ3n) is 3.71. The van der Waals surface area contributed by atoms with Gasteiger partial charge in [-0.1, -0.05) is 36.4 Å². The number of phenolic OH excluding ortho intramolecular Hbond substituents is 1.